The van der Waals surface area contributed by atoms with Crippen molar-refractivity contribution < 1.29 is 0 Å². The molecule has 13 heavy (non-hydrogen) atoms. The highest BCUT2D eigenvalue weighted by atomic mass is 14.2. The Kier molecular flexibility index (Phi) is 1.31. The minimum atomic E-state index is 1.07. The van der Waals surface area contributed by atoms with E-state index < -0.39 is 0 Å². The lowest BCUT2D eigenvalue weighted by Gasteiger charge is -1.97. The maximum atomic E-state index is 3.31. The van der Waals surface area contributed by atoms with E-state index in [4.69, 9.17) is 0 Å². The molecule has 0 spiro atoms. The van der Waals surface area contributed by atoms with Crippen LogP contribution in [0.2, 0.25) is 0 Å². The quantitative estimate of drug-likeness (QED) is 0.480. The zero-order chi connectivity index (χ0) is 8.67. The monoisotopic (exact) mass is 165 g/mol. The van der Waals surface area contributed by atoms with Crippen LogP contribution in [0.25, 0.3) is 11.1 Å². The normalized spacial score (nSPS) is 12.3. The van der Waals surface area contributed by atoms with Crippen LogP contribution in [0.15, 0.2) is 42.5 Å². The molecule has 0 fully saturated rings. The Morgan fingerprint density at radius 2 is 1.77 bits per heavy atom. The second kappa shape index (κ2) is 2.46. The number of fused-ring (bicyclic) bond motifs is 3. The number of hydrogen-bond donors (Lipinski definition) is 0. The highest BCUT2D eigenvalue weighted by molar-refractivity contribution is 5.75. The van der Waals surface area contributed by atoms with Gasteiger partial charge in [-0.3, -0.25) is 0 Å². The van der Waals surface area contributed by atoms with Gasteiger partial charge in [-0.25, -0.2) is 0 Å². The van der Waals surface area contributed by atoms with Gasteiger partial charge in [0.1, 0.15) is 0 Å². The molecule has 0 heterocycles. The molecule has 2 aromatic carbocycles. The van der Waals surface area contributed by atoms with Gasteiger partial charge >= 0.3 is 0 Å². The Labute approximate surface area is 77.8 Å². The summed E-state index contributed by atoms with van der Waals surface area (Å²) in [6, 6.07) is 18.1. The van der Waals surface area contributed by atoms with E-state index in [-0.39, 0.29) is 0 Å². The average molecular weight is 165 g/mol. The van der Waals surface area contributed by atoms with Crippen molar-refractivity contribution in [1.82, 2.24) is 0 Å². The molecule has 1 aliphatic carbocycles. The van der Waals surface area contributed by atoms with Crippen LogP contribution in [0, 0.1) is 6.07 Å². The van der Waals surface area contributed by atoms with E-state index in [1.165, 1.54) is 22.3 Å². The first-order chi connectivity index (χ1) is 6.45. The first kappa shape index (κ1) is 6.90. The molecule has 0 aromatic heterocycles. The van der Waals surface area contributed by atoms with Gasteiger partial charge in [-0.15, -0.1) is 0 Å². The standard InChI is InChI=1S/C13H9/c1-3-7-12-10(5-1)9-11-6-2-4-8-13(11)12/h1-7H,9H2. The molecule has 0 unspecified atom stereocenters. The van der Waals surface area contributed by atoms with Crippen molar-refractivity contribution in [2.75, 3.05) is 0 Å². The second-order valence-electron chi connectivity index (χ2n) is 3.40. The van der Waals surface area contributed by atoms with Crippen LogP contribution in [-0.4, -0.2) is 0 Å². The summed E-state index contributed by atoms with van der Waals surface area (Å²) < 4.78 is 0. The van der Waals surface area contributed by atoms with Crippen LogP contribution < -0.4 is 0 Å². The fourth-order valence-electron chi connectivity index (χ4n) is 1.99. The molecule has 0 nitrogen and oxygen atoms in total. The Hall–Kier alpha value is -1.56. The average Bonchev–Trinajstić information content (AvgIpc) is 2.56. The van der Waals surface area contributed by atoms with Crippen LogP contribution in [0.4, 0.5) is 0 Å². The van der Waals surface area contributed by atoms with Crippen LogP contribution in [0.3, 0.4) is 0 Å². The SMILES string of the molecule is [c]1cccc2c1-c1ccccc1C2. The second-order valence-corrected chi connectivity index (χ2v) is 3.40. The maximum absolute atomic E-state index is 3.31. The third kappa shape index (κ3) is 0.919. The van der Waals surface area contributed by atoms with Gasteiger partial charge in [-0.05, 0) is 34.7 Å². The molecule has 0 aliphatic heterocycles. The van der Waals surface area contributed by atoms with E-state index in [1.807, 2.05) is 6.07 Å². The van der Waals surface area contributed by atoms with E-state index in [1.54, 1.807) is 0 Å². The summed E-state index contributed by atoms with van der Waals surface area (Å²) in [5.41, 5.74) is 5.49. The molecule has 1 aliphatic rings. The molecule has 3 rings (SSSR count). The summed E-state index contributed by atoms with van der Waals surface area (Å²) in [6.07, 6.45) is 1.07. The van der Waals surface area contributed by atoms with Crippen molar-refractivity contribution in [3.05, 3.63) is 59.7 Å². The van der Waals surface area contributed by atoms with E-state index in [2.05, 4.69) is 42.5 Å². The maximum Gasteiger partial charge on any atom is -0.00132 e. The molecule has 0 heteroatoms. The van der Waals surface area contributed by atoms with Crippen molar-refractivity contribution in [2.45, 2.75) is 6.42 Å². The predicted octanol–water partition coefficient (Wildman–Crippen LogP) is 3.06. The number of rotatable bonds is 0. The van der Waals surface area contributed by atoms with E-state index in [0.717, 1.165) is 6.42 Å². The summed E-state index contributed by atoms with van der Waals surface area (Å²) in [6.45, 7) is 0. The summed E-state index contributed by atoms with van der Waals surface area (Å²) in [7, 11) is 0. The first-order valence-corrected chi connectivity index (χ1v) is 4.53. The predicted molar refractivity (Wildman–Crippen MR) is 53.5 cm³/mol. The summed E-state index contributed by atoms with van der Waals surface area (Å²) in [5.74, 6) is 0. The van der Waals surface area contributed by atoms with Gasteiger partial charge in [-0.1, -0.05) is 42.5 Å². The van der Waals surface area contributed by atoms with Crippen LogP contribution in [-0.2, 0) is 6.42 Å². The fourth-order valence-corrected chi connectivity index (χ4v) is 1.99. The molecule has 0 saturated carbocycles. The lowest BCUT2D eigenvalue weighted by atomic mass is 10.1. The number of hydrogen-bond acceptors (Lipinski definition) is 0. The summed E-state index contributed by atoms with van der Waals surface area (Å²) >= 11 is 0. The Balaban J connectivity index is 2.32. The molecule has 0 bridgehead atoms. The molecular weight excluding hydrogens is 156 g/mol. The smallest absolute Gasteiger partial charge is 0.00132 e. The topological polar surface area (TPSA) is 0 Å². The summed E-state index contributed by atoms with van der Waals surface area (Å²) in [5, 5.41) is 0. The fraction of sp³-hybridized carbons (Fsp3) is 0.0769. The molecule has 0 atom stereocenters. The van der Waals surface area contributed by atoms with Crippen LogP contribution in [0.5, 0.6) is 0 Å². The van der Waals surface area contributed by atoms with Crippen LogP contribution >= 0.6 is 0 Å². The largest absolute Gasteiger partial charge is 0.0619 e. The lowest BCUT2D eigenvalue weighted by molar-refractivity contribution is 1.26. The Morgan fingerprint density at radius 3 is 2.77 bits per heavy atom. The first-order valence-electron chi connectivity index (χ1n) is 4.53. The van der Waals surface area contributed by atoms with E-state index in [9.17, 15) is 0 Å². The van der Waals surface area contributed by atoms with Gasteiger partial charge in [0.05, 0.1) is 0 Å². The van der Waals surface area contributed by atoms with Crippen molar-refractivity contribution >= 4 is 0 Å². The van der Waals surface area contributed by atoms with Crippen molar-refractivity contribution in [3.8, 4) is 11.1 Å². The Bertz CT molecular complexity index is 412. The number of benzene rings is 2. The third-order valence-electron chi connectivity index (χ3n) is 2.61. The van der Waals surface area contributed by atoms with Crippen LogP contribution in [0.1, 0.15) is 11.1 Å². The zero-order valence-corrected chi connectivity index (χ0v) is 7.25. The minimum absolute atomic E-state index is 1.07. The highest BCUT2D eigenvalue weighted by Gasteiger charge is 2.16. The van der Waals surface area contributed by atoms with Gasteiger partial charge in [0.15, 0.2) is 0 Å². The molecule has 2 aromatic rings. The van der Waals surface area contributed by atoms with Gasteiger partial charge in [0.25, 0.3) is 0 Å². The zero-order valence-electron chi connectivity index (χ0n) is 7.25. The Morgan fingerprint density at radius 1 is 0.923 bits per heavy atom. The molecule has 0 N–H and O–H groups in total. The van der Waals surface area contributed by atoms with Crippen molar-refractivity contribution in [1.29, 1.82) is 0 Å². The molecule has 61 valence electrons. The van der Waals surface area contributed by atoms with Gasteiger partial charge in [0.2, 0.25) is 0 Å². The summed E-state index contributed by atoms with van der Waals surface area (Å²) in [4.78, 5) is 0. The molecule has 0 amide bonds. The van der Waals surface area contributed by atoms with Crippen molar-refractivity contribution in [3.63, 3.8) is 0 Å². The molecule has 1 radical (unpaired) electrons. The van der Waals surface area contributed by atoms with Gasteiger partial charge < -0.3 is 0 Å². The third-order valence-corrected chi connectivity index (χ3v) is 2.61. The lowest BCUT2D eigenvalue weighted by Crippen LogP contribution is -1.77. The van der Waals surface area contributed by atoms with E-state index >= 15 is 0 Å². The minimum Gasteiger partial charge on any atom is -0.0619 e. The highest BCUT2D eigenvalue weighted by Crippen LogP contribution is 2.35. The molecular formula is C13H9. The van der Waals surface area contributed by atoms with Gasteiger partial charge in [-0.2, -0.15) is 0 Å². The van der Waals surface area contributed by atoms with Crippen molar-refractivity contribution in [2.24, 2.45) is 0 Å². The van der Waals surface area contributed by atoms with Gasteiger partial charge in [0, 0.05) is 0 Å². The molecule has 0 saturated heterocycles. The van der Waals surface area contributed by atoms with E-state index in [0.29, 0.717) is 0 Å².